The second-order valence-electron chi connectivity index (χ2n) is 5.11. The molecule has 122 valence electrons. The number of hydrogen-bond donors (Lipinski definition) is 2. The molecule has 0 aromatic heterocycles. The summed E-state index contributed by atoms with van der Waals surface area (Å²) in [7, 11) is 0. The maximum Gasteiger partial charge on any atom is 0.266 e. The van der Waals surface area contributed by atoms with Gasteiger partial charge in [-0.3, -0.25) is 14.5 Å². The summed E-state index contributed by atoms with van der Waals surface area (Å²) in [5.74, 6) is -0.537. The van der Waals surface area contributed by atoms with Gasteiger partial charge in [-0.15, -0.1) is 0 Å². The molecule has 0 unspecified atom stereocenters. The minimum absolute atomic E-state index is 0.0145. The van der Waals surface area contributed by atoms with Crippen LogP contribution >= 0.6 is 24.0 Å². The lowest BCUT2D eigenvalue weighted by molar-refractivity contribution is -0.128. The number of aliphatic hydroxyl groups excluding tert-OH is 1. The van der Waals surface area contributed by atoms with Crippen molar-refractivity contribution in [2.45, 2.75) is 13.3 Å². The van der Waals surface area contributed by atoms with Gasteiger partial charge in [0.05, 0.1) is 4.91 Å². The molecule has 0 bridgehead atoms. The number of aliphatic hydroxyl groups is 1. The van der Waals surface area contributed by atoms with Crippen LogP contribution in [0.5, 0.6) is 0 Å². The topological polar surface area (TPSA) is 69.6 Å². The van der Waals surface area contributed by atoms with Crippen LogP contribution in [0.25, 0.3) is 6.08 Å². The Hall–Kier alpha value is -1.70. The van der Waals surface area contributed by atoms with Gasteiger partial charge in [-0.05, 0) is 25.0 Å². The lowest BCUT2D eigenvalue weighted by atomic mass is 10.1. The lowest BCUT2D eigenvalue weighted by Crippen LogP contribution is -2.39. The van der Waals surface area contributed by atoms with Crippen molar-refractivity contribution in [3.8, 4) is 0 Å². The zero-order valence-electron chi connectivity index (χ0n) is 12.7. The van der Waals surface area contributed by atoms with Crippen molar-refractivity contribution in [2.75, 3.05) is 19.7 Å². The monoisotopic (exact) mass is 350 g/mol. The highest BCUT2D eigenvalue weighted by Gasteiger charge is 2.33. The first-order valence-electron chi connectivity index (χ1n) is 7.21. The number of amides is 2. The smallest absolute Gasteiger partial charge is 0.266 e. The minimum Gasteiger partial charge on any atom is -0.396 e. The fourth-order valence-electron chi connectivity index (χ4n) is 2.05. The molecule has 2 amide bonds. The van der Waals surface area contributed by atoms with Gasteiger partial charge in [-0.25, -0.2) is 0 Å². The average molecular weight is 350 g/mol. The van der Waals surface area contributed by atoms with Crippen LogP contribution in [0.15, 0.2) is 29.2 Å². The molecule has 0 spiro atoms. The van der Waals surface area contributed by atoms with Crippen LogP contribution < -0.4 is 5.32 Å². The molecule has 0 aliphatic carbocycles. The molecule has 0 saturated carbocycles. The van der Waals surface area contributed by atoms with E-state index in [4.69, 9.17) is 17.3 Å². The number of rotatable bonds is 6. The number of benzene rings is 1. The Labute approximate surface area is 144 Å². The quantitative estimate of drug-likeness (QED) is 0.464. The van der Waals surface area contributed by atoms with Crippen molar-refractivity contribution in [2.24, 2.45) is 0 Å². The van der Waals surface area contributed by atoms with E-state index < -0.39 is 0 Å². The molecular weight excluding hydrogens is 332 g/mol. The molecule has 23 heavy (non-hydrogen) atoms. The van der Waals surface area contributed by atoms with Gasteiger partial charge >= 0.3 is 0 Å². The van der Waals surface area contributed by atoms with E-state index in [1.54, 1.807) is 6.08 Å². The molecule has 0 radical (unpaired) electrons. The number of nitrogens with one attached hydrogen (secondary N) is 1. The van der Waals surface area contributed by atoms with Gasteiger partial charge in [0.25, 0.3) is 5.91 Å². The van der Waals surface area contributed by atoms with Crippen LogP contribution in [0.4, 0.5) is 0 Å². The normalized spacial score (nSPS) is 16.3. The molecule has 5 nitrogen and oxygen atoms in total. The van der Waals surface area contributed by atoms with Crippen LogP contribution in [0, 0.1) is 6.92 Å². The van der Waals surface area contributed by atoms with Gasteiger partial charge in [0, 0.05) is 13.2 Å². The third kappa shape index (κ3) is 4.89. The number of carbonyl (C=O) groups is 2. The Kier molecular flexibility index (Phi) is 6.32. The van der Waals surface area contributed by atoms with E-state index >= 15 is 0 Å². The van der Waals surface area contributed by atoms with E-state index in [0.29, 0.717) is 22.2 Å². The average Bonchev–Trinajstić information content (AvgIpc) is 2.75. The van der Waals surface area contributed by atoms with Gasteiger partial charge in [0.1, 0.15) is 10.9 Å². The number of hydrogen-bond acceptors (Lipinski definition) is 5. The maximum absolute atomic E-state index is 12.4. The lowest BCUT2D eigenvalue weighted by Gasteiger charge is -2.13. The highest BCUT2D eigenvalue weighted by atomic mass is 32.2. The van der Waals surface area contributed by atoms with Gasteiger partial charge < -0.3 is 10.4 Å². The Morgan fingerprint density at radius 1 is 1.48 bits per heavy atom. The SMILES string of the molecule is Cc1cccc(/C=C2\SC(=S)N(CC(=O)NCCCO)C2=O)c1. The largest absolute Gasteiger partial charge is 0.396 e. The molecule has 2 N–H and O–H groups in total. The molecule has 1 heterocycles. The van der Waals surface area contributed by atoms with Gasteiger partial charge in [0.2, 0.25) is 5.91 Å². The Balaban J connectivity index is 2.03. The second kappa shape index (κ2) is 8.24. The van der Waals surface area contributed by atoms with Crippen LogP contribution in [-0.4, -0.2) is 45.8 Å². The summed E-state index contributed by atoms with van der Waals surface area (Å²) in [4.78, 5) is 26.0. The third-order valence-electron chi connectivity index (χ3n) is 3.17. The fourth-order valence-corrected chi connectivity index (χ4v) is 3.31. The molecular formula is C16H18N2O3S2. The van der Waals surface area contributed by atoms with E-state index in [2.05, 4.69) is 5.32 Å². The van der Waals surface area contributed by atoms with Crippen molar-refractivity contribution in [3.05, 3.63) is 40.3 Å². The van der Waals surface area contributed by atoms with E-state index in [1.807, 2.05) is 31.2 Å². The fraction of sp³-hybridized carbons (Fsp3) is 0.312. The van der Waals surface area contributed by atoms with E-state index in [0.717, 1.165) is 11.1 Å². The highest BCUT2D eigenvalue weighted by Crippen LogP contribution is 2.32. The minimum atomic E-state index is -0.286. The zero-order valence-corrected chi connectivity index (χ0v) is 14.4. The summed E-state index contributed by atoms with van der Waals surface area (Å²) >= 11 is 6.40. The summed E-state index contributed by atoms with van der Waals surface area (Å²) in [6.45, 7) is 2.28. The van der Waals surface area contributed by atoms with Crippen molar-refractivity contribution in [1.82, 2.24) is 10.2 Å². The zero-order chi connectivity index (χ0) is 16.8. The summed E-state index contributed by atoms with van der Waals surface area (Å²) in [6.07, 6.45) is 2.27. The number of thiocarbonyl (C=S) groups is 1. The summed E-state index contributed by atoms with van der Waals surface area (Å²) in [5.41, 5.74) is 2.04. The second-order valence-corrected chi connectivity index (χ2v) is 6.78. The first kappa shape index (κ1) is 17.7. The van der Waals surface area contributed by atoms with Crippen LogP contribution in [0.1, 0.15) is 17.5 Å². The first-order chi connectivity index (χ1) is 11.0. The van der Waals surface area contributed by atoms with Crippen molar-refractivity contribution in [1.29, 1.82) is 0 Å². The molecule has 1 aliphatic rings. The molecule has 0 atom stereocenters. The van der Waals surface area contributed by atoms with Crippen LogP contribution in [0.3, 0.4) is 0 Å². The molecule has 2 rings (SSSR count). The first-order valence-corrected chi connectivity index (χ1v) is 8.43. The molecule has 1 fully saturated rings. The van der Waals surface area contributed by atoms with E-state index in [9.17, 15) is 9.59 Å². The van der Waals surface area contributed by atoms with Crippen molar-refractivity contribution < 1.29 is 14.7 Å². The molecule has 1 saturated heterocycles. The Morgan fingerprint density at radius 3 is 2.96 bits per heavy atom. The van der Waals surface area contributed by atoms with Gasteiger partial charge in [0.15, 0.2) is 0 Å². The predicted octanol–water partition coefficient (Wildman–Crippen LogP) is 1.69. The number of nitrogens with zero attached hydrogens (tertiary/aromatic N) is 1. The van der Waals surface area contributed by atoms with Crippen LogP contribution in [-0.2, 0) is 9.59 Å². The number of carbonyl (C=O) groups excluding carboxylic acids is 2. The summed E-state index contributed by atoms with van der Waals surface area (Å²) in [5, 5.41) is 11.3. The highest BCUT2D eigenvalue weighted by molar-refractivity contribution is 8.26. The van der Waals surface area contributed by atoms with Crippen molar-refractivity contribution in [3.63, 3.8) is 0 Å². The van der Waals surface area contributed by atoms with E-state index in [1.165, 1.54) is 16.7 Å². The Morgan fingerprint density at radius 2 is 2.26 bits per heavy atom. The summed E-state index contributed by atoms with van der Waals surface area (Å²) < 4.78 is 0.381. The van der Waals surface area contributed by atoms with Gasteiger partial charge in [-0.1, -0.05) is 53.8 Å². The standard InChI is InChI=1S/C16H18N2O3S2/c1-11-4-2-5-12(8-11)9-13-15(21)18(16(22)23-13)10-14(20)17-6-3-7-19/h2,4-5,8-9,19H,3,6-7,10H2,1H3,(H,17,20)/b13-9-. The van der Waals surface area contributed by atoms with Crippen molar-refractivity contribution >= 4 is 46.2 Å². The summed E-state index contributed by atoms with van der Waals surface area (Å²) in [6, 6.07) is 7.81. The maximum atomic E-state index is 12.4. The number of thioether (sulfide) groups is 1. The molecule has 1 aliphatic heterocycles. The molecule has 1 aromatic carbocycles. The number of aryl methyl sites for hydroxylation is 1. The van der Waals surface area contributed by atoms with Crippen LogP contribution in [0.2, 0.25) is 0 Å². The third-order valence-corrected chi connectivity index (χ3v) is 4.55. The molecule has 1 aromatic rings. The Bertz CT molecular complexity index is 658. The molecule has 7 heteroatoms. The van der Waals surface area contributed by atoms with Gasteiger partial charge in [-0.2, -0.15) is 0 Å². The predicted molar refractivity (Wildman–Crippen MR) is 95.8 cm³/mol. The van der Waals surface area contributed by atoms with E-state index in [-0.39, 0.29) is 25.0 Å².